The second kappa shape index (κ2) is 8.10. The minimum Gasteiger partial charge on any atom is -0.481 e. The van der Waals surface area contributed by atoms with Gasteiger partial charge in [-0.15, -0.1) is 12.4 Å². The van der Waals surface area contributed by atoms with E-state index in [1.54, 1.807) is 29.0 Å². The molecular formula is C15H20ClFN2O3. The zero-order valence-electron chi connectivity index (χ0n) is 12.4. The molecule has 1 aliphatic rings. The van der Waals surface area contributed by atoms with Gasteiger partial charge in [-0.25, -0.2) is 4.39 Å². The number of halogens is 2. The molecule has 122 valence electrons. The van der Waals surface area contributed by atoms with Gasteiger partial charge >= 0.3 is 5.97 Å². The van der Waals surface area contributed by atoms with Crippen LogP contribution in [0.5, 0.6) is 0 Å². The molecule has 1 atom stereocenters. The topological polar surface area (TPSA) is 60.9 Å². The highest BCUT2D eigenvalue weighted by Crippen LogP contribution is 2.24. The lowest BCUT2D eigenvalue weighted by atomic mass is 10.0. The first-order valence-electron chi connectivity index (χ1n) is 6.98. The number of carbonyl (C=O) groups excluding carboxylic acids is 1. The van der Waals surface area contributed by atoms with E-state index in [1.807, 2.05) is 0 Å². The number of piperidine rings is 1. The van der Waals surface area contributed by atoms with E-state index in [-0.39, 0.29) is 36.6 Å². The number of amides is 1. The highest BCUT2D eigenvalue weighted by molar-refractivity contribution is 5.97. The number of hydrogen-bond donors (Lipinski definition) is 1. The molecule has 1 aromatic rings. The smallest absolute Gasteiger partial charge is 0.304 e. The third-order valence-corrected chi connectivity index (χ3v) is 3.74. The Hall–Kier alpha value is -1.66. The summed E-state index contributed by atoms with van der Waals surface area (Å²) in [5, 5.41) is 8.72. The van der Waals surface area contributed by atoms with Crippen LogP contribution in [-0.2, 0) is 9.59 Å². The molecule has 1 fully saturated rings. The molecule has 0 saturated carbocycles. The summed E-state index contributed by atoms with van der Waals surface area (Å²) in [6, 6.07) is 5.63. The van der Waals surface area contributed by atoms with Crippen molar-refractivity contribution in [3.05, 3.63) is 30.1 Å². The first-order valence-corrected chi connectivity index (χ1v) is 6.98. The van der Waals surface area contributed by atoms with E-state index in [0.717, 1.165) is 6.42 Å². The van der Waals surface area contributed by atoms with Gasteiger partial charge in [0.2, 0.25) is 5.91 Å². The Labute approximate surface area is 135 Å². The highest BCUT2D eigenvalue weighted by atomic mass is 35.5. The quantitative estimate of drug-likeness (QED) is 0.898. The molecule has 1 heterocycles. The van der Waals surface area contributed by atoms with E-state index in [9.17, 15) is 14.0 Å². The average Bonchev–Trinajstić information content (AvgIpc) is 2.45. The first-order chi connectivity index (χ1) is 9.99. The number of nitrogens with zero attached hydrogens (tertiary/aromatic N) is 2. The SMILES string of the molecule is CN(CCC(=O)O)C1CCCN(c2cccc(F)c2)C1=O.Cl. The van der Waals surface area contributed by atoms with Gasteiger partial charge in [0.25, 0.3) is 0 Å². The lowest BCUT2D eigenvalue weighted by Crippen LogP contribution is -2.51. The molecule has 0 radical (unpaired) electrons. The predicted molar refractivity (Wildman–Crippen MR) is 83.9 cm³/mol. The second-order valence-corrected chi connectivity index (χ2v) is 5.25. The largest absolute Gasteiger partial charge is 0.481 e. The normalized spacial score (nSPS) is 18.2. The van der Waals surface area contributed by atoms with Gasteiger partial charge in [0, 0.05) is 18.8 Å². The van der Waals surface area contributed by atoms with Crippen LogP contribution in [-0.4, -0.2) is 48.1 Å². The van der Waals surface area contributed by atoms with Crippen LogP contribution < -0.4 is 4.90 Å². The Morgan fingerprint density at radius 1 is 1.50 bits per heavy atom. The Kier molecular flexibility index (Phi) is 6.77. The fourth-order valence-corrected chi connectivity index (χ4v) is 2.59. The molecule has 5 nitrogen and oxygen atoms in total. The van der Waals surface area contributed by atoms with Gasteiger partial charge in [-0.2, -0.15) is 0 Å². The lowest BCUT2D eigenvalue weighted by Gasteiger charge is -2.36. The van der Waals surface area contributed by atoms with Crippen LogP contribution in [0, 0.1) is 5.82 Å². The molecule has 1 amide bonds. The Balaban J connectivity index is 0.00000242. The Morgan fingerprint density at radius 2 is 2.23 bits per heavy atom. The Morgan fingerprint density at radius 3 is 2.86 bits per heavy atom. The predicted octanol–water partition coefficient (Wildman–Crippen LogP) is 2.15. The number of benzene rings is 1. The molecule has 1 saturated heterocycles. The van der Waals surface area contributed by atoms with Crippen LogP contribution in [0.25, 0.3) is 0 Å². The zero-order valence-corrected chi connectivity index (χ0v) is 13.2. The highest BCUT2D eigenvalue weighted by Gasteiger charge is 2.32. The van der Waals surface area contributed by atoms with Crippen molar-refractivity contribution in [2.75, 3.05) is 25.0 Å². The van der Waals surface area contributed by atoms with Gasteiger partial charge in [0.1, 0.15) is 5.82 Å². The molecule has 0 bridgehead atoms. The van der Waals surface area contributed by atoms with Gasteiger partial charge < -0.3 is 10.0 Å². The van der Waals surface area contributed by atoms with Crippen LogP contribution in [0.15, 0.2) is 24.3 Å². The van der Waals surface area contributed by atoms with Crippen molar-refractivity contribution < 1.29 is 19.1 Å². The molecule has 2 rings (SSSR count). The molecule has 1 unspecified atom stereocenters. The van der Waals surface area contributed by atoms with E-state index in [4.69, 9.17) is 5.11 Å². The maximum atomic E-state index is 13.3. The van der Waals surface area contributed by atoms with Crippen molar-refractivity contribution in [1.29, 1.82) is 0 Å². The average molecular weight is 331 g/mol. The van der Waals surface area contributed by atoms with E-state index < -0.39 is 5.97 Å². The van der Waals surface area contributed by atoms with Gasteiger partial charge in [-0.1, -0.05) is 6.07 Å². The van der Waals surface area contributed by atoms with Crippen LogP contribution in [0.3, 0.4) is 0 Å². The van der Waals surface area contributed by atoms with Crippen LogP contribution in [0.1, 0.15) is 19.3 Å². The van der Waals surface area contributed by atoms with Gasteiger partial charge in [-0.3, -0.25) is 14.5 Å². The minimum absolute atomic E-state index is 0. The third kappa shape index (κ3) is 4.42. The van der Waals surface area contributed by atoms with Crippen molar-refractivity contribution in [3.8, 4) is 0 Å². The van der Waals surface area contributed by atoms with Crippen molar-refractivity contribution in [2.45, 2.75) is 25.3 Å². The summed E-state index contributed by atoms with van der Waals surface area (Å²) in [5.74, 6) is -1.35. The summed E-state index contributed by atoms with van der Waals surface area (Å²) in [4.78, 5) is 26.5. The lowest BCUT2D eigenvalue weighted by molar-refractivity contribution is -0.138. The molecule has 7 heteroatoms. The van der Waals surface area contributed by atoms with Crippen molar-refractivity contribution in [2.24, 2.45) is 0 Å². The molecule has 0 spiro atoms. The van der Waals surface area contributed by atoms with E-state index in [0.29, 0.717) is 25.2 Å². The van der Waals surface area contributed by atoms with Crippen molar-refractivity contribution in [3.63, 3.8) is 0 Å². The van der Waals surface area contributed by atoms with Crippen molar-refractivity contribution in [1.82, 2.24) is 4.90 Å². The maximum absolute atomic E-state index is 13.3. The zero-order chi connectivity index (χ0) is 15.4. The number of carboxylic acids is 1. The molecular weight excluding hydrogens is 311 g/mol. The van der Waals surface area contributed by atoms with Gasteiger partial charge in [0.05, 0.1) is 12.5 Å². The summed E-state index contributed by atoms with van der Waals surface area (Å²) < 4.78 is 13.3. The minimum atomic E-state index is -0.882. The molecule has 1 aliphatic heterocycles. The molecule has 1 aromatic carbocycles. The fourth-order valence-electron chi connectivity index (χ4n) is 2.59. The number of aliphatic carboxylic acids is 1. The number of carboxylic acid groups (broad SMARTS) is 1. The molecule has 0 aliphatic carbocycles. The van der Waals surface area contributed by atoms with Gasteiger partial charge in [-0.05, 0) is 38.1 Å². The number of hydrogen-bond acceptors (Lipinski definition) is 3. The monoisotopic (exact) mass is 330 g/mol. The summed E-state index contributed by atoms with van der Waals surface area (Å²) >= 11 is 0. The van der Waals surface area contributed by atoms with Crippen molar-refractivity contribution >= 4 is 30.0 Å². The maximum Gasteiger partial charge on any atom is 0.304 e. The van der Waals surface area contributed by atoms with E-state index in [1.165, 1.54) is 12.1 Å². The second-order valence-electron chi connectivity index (χ2n) is 5.25. The number of likely N-dealkylation sites (N-methyl/N-ethyl adjacent to an activating group) is 1. The summed E-state index contributed by atoms with van der Waals surface area (Å²) in [6.45, 7) is 0.883. The number of rotatable bonds is 5. The fraction of sp³-hybridized carbons (Fsp3) is 0.467. The van der Waals surface area contributed by atoms with E-state index in [2.05, 4.69) is 0 Å². The van der Waals surface area contributed by atoms with Crippen LogP contribution in [0.4, 0.5) is 10.1 Å². The number of carbonyl (C=O) groups is 2. The summed E-state index contributed by atoms with van der Waals surface area (Å²) in [5.41, 5.74) is 0.552. The van der Waals surface area contributed by atoms with Gasteiger partial charge in [0.15, 0.2) is 0 Å². The van der Waals surface area contributed by atoms with Crippen LogP contribution in [0.2, 0.25) is 0 Å². The molecule has 1 N–H and O–H groups in total. The standard InChI is InChI=1S/C15H19FN2O3.ClH/c1-17(9-7-14(19)20)13-6-3-8-18(15(13)21)12-5-2-4-11(16)10-12;/h2,4-5,10,13H,3,6-9H2,1H3,(H,19,20);1H. The third-order valence-electron chi connectivity index (χ3n) is 3.74. The first kappa shape index (κ1) is 18.4. The molecule has 0 aromatic heterocycles. The number of anilines is 1. The van der Waals surface area contributed by atoms with E-state index >= 15 is 0 Å². The molecule has 22 heavy (non-hydrogen) atoms. The summed E-state index contributed by atoms with van der Waals surface area (Å²) in [7, 11) is 1.75. The summed E-state index contributed by atoms with van der Waals surface area (Å²) in [6.07, 6.45) is 1.51. The Bertz CT molecular complexity index is 541. The van der Waals surface area contributed by atoms with Crippen LogP contribution >= 0.6 is 12.4 Å².